The quantitative estimate of drug-likeness (QED) is 0.846. The zero-order valence-corrected chi connectivity index (χ0v) is 10.1. The minimum Gasteiger partial charge on any atom is -0.493 e. The fraction of sp³-hybridized carbons (Fsp3) is 0.214. The van der Waals surface area contributed by atoms with Crippen molar-refractivity contribution >= 4 is 5.91 Å². The summed E-state index contributed by atoms with van der Waals surface area (Å²) in [5, 5.41) is 0. The van der Waals surface area contributed by atoms with Crippen molar-refractivity contribution in [3.63, 3.8) is 0 Å². The van der Waals surface area contributed by atoms with Crippen LogP contribution in [0.5, 0.6) is 5.75 Å². The first-order valence-electron chi connectivity index (χ1n) is 5.90. The first-order chi connectivity index (χ1) is 8.65. The smallest absolute Gasteiger partial charge is 0.250 e. The lowest BCUT2D eigenvalue weighted by Gasteiger charge is -2.02. The summed E-state index contributed by atoms with van der Waals surface area (Å²) in [6.45, 7) is 2.59. The number of H-pyrrole nitrogens is 1. The number of aromatic nitrogens is 1. The first-order valence-corrected chi connectivity index (χ1v) is 5.90. The summed E-state index contributed by atoms with van der Waals surface area (Å²) in [5.74, 6) is 0.552. The Morgan fingerprint density at radius 1 is 1.39 bits per heavy atom. The molecular formula is C14H14N2O2. The van der Waals surface area contributed by atoms with Crippen molar-refractivity contribution in [3.8, 4) is 17.0 Å². The van der Waals surface area contributed by atoms with E-state index >= 15 is 0 Å². The maximum atomic E-state index is 11.2. The van der Waals surface area contributed by atoms with Gasteiger partial charge in [0, 0.05) is 17.8 Å². The highest BCUT2D eigenvalue weighted by atomic mass is 16.5. The predicted molar refractivity (Wildman–Crippen MR) is 68.7 cm³/mol. The highest BCUT2D eigenvalue weighted by Crippen LogP contribution is 2.30. The Morgan fingerprint density at radius 3 is 2.94 bits per heavy atom. The zero-order valence-electron chi connectivity index (χ0n) is 10.1. The van der Waals surface area contributed by atoms with Crippen molar-refractivity contribution in [2.24, 2.45) is 5.73 Å². The van der Waals surface area contributed by atoms with Crippen LogP contribution in [0.4, 0.5) is 0 Å². The lowest BCUT2D eigenvalue weighted by molar-refractivity contribution is 0.1000. The van der Waals surface area contributed by atoms with Gasteiger partial charge in [0.1, 0.15) is 5.75 Å². The van der Waals surface area contributed by atoms with E-state index in [1.165, 1.54) is 5.56 Å². The number of aryl methyl sites for hydroxylation is 1. The van der Waals surface area contributed by atoms with Gasteiger partial charge in [-0.25, -0.2) is 0 Å². The molecule has 92 valence electrons. The molecule has 0 spiro atoms. The van der Waals surface area contributed by atoms with Gasteiger partial charge >= 0.3 is 0 Å². The van der Waals surface area contributed by atoms with Crippen molar-refractivity contribution in [1.82, 2.24) is 4.98 Å². The van der Waals surface area contributed by atoms with Crippen molar-refractivity contribution in [2.45, 2.75) is 13.3 Å². The second-order valence-electron chi connectivity index (χ2n) is 4.51. The van der Waals surface area contributed by atoms with E-state index in [0.717, 1.165) is 35.7 Å². The van der Waals surface area contributed by atoms with Gasteiger partial charge in [0.2, 0.25) is 0 Å². The van der Waals surface area contributed by atoms with Crippen LogP contribution in [0.1, 0.15) is 21.6 Å². The van der Waals surface area contributed by atoms with Gasteiger partial charge in [0.05, 0.1) is 12.2 Å². The fourth-order valence-corrected chi connectivity index (χ4v) is 2.32. The largest absolute Gasteiger partial charge is 0.493 e. The number of rotatable bonds is 2. The molecule has 0 aliphatic carbocycles. The molecule has 1 aliphatic heterocycles. The van der Waals surface area contributed by atoms with Gasteiger partial charge in [-0.3, -0.25) is 4.79 Å². The molecule has 4 heteroatoms. The third kappa shape index (κ3) is 1.66. The number of benzene rings is 1. The average Bonchev–Trinajstić information content (AvgIpc) is 2.93. The molecule has 3 N–H and O–H groups in total. The van der Waals surface area contributed by atoms with E-state index in [2.05, 4.69) is 11.1 Å². The van der Waals surface area contributed by atoms with Crippen LogP contribution in [0.3, 0.4) is 0 Å². The molecule has 0 fully saturated rings. The third-order valence-corrected chi connectivity index (χ3v) is 3.28. The van der Waals surface area contributed by atoms with Crippen molar-refractivity contribution in [1.29, 1.82) is 0 Å². The molecule has 18 heavy (non-hydrogen) atoms. The normalized spacial score (nSPS) is 13.2. The molecule has 0 saturated carbocycles. The first kappa shape index (κ1) is 10.9. The van der Waals surface area contributed by atoms with Gasteiger partial charge in [-0.15, -0.1) is 0 Å². The molecule has 0 saturated heterocycles. The average molecular weight is 242 g/mol. The number of amides is 1. The molecular weight excluding hydrogens is 228 g/mol. The monoisotopic (exact) mass is 242 g/mol. The summed E-state index contributed by atoms with van der Waals surface area (Å²) < 4.78 is 5.47. The van der Waals surface area contributed by atoms with E-state index in [1.807, 2.05) is 19.1 Å². The zero-order chi connectivity index (χ0) is 12.7. The number of ether oxygens (including phenoxy) is 1. The van der Waals surface area contributed by atoms with Crippen LogP contribution < -0.4 is 10.5 Å². The molecule has 1 aromatic carbocycles. The van der Waals surface area contributed by atoms with E-state index in [9.17, 15) is 4.79 Å². The Kier molecular flexibility index (Phi) is 2.37. The summed E-state index contributed by atoms with van der Waals surface area (Å²) in [5.41, 5.74) is 9.83. The Morgan fingerprint density at radius 2 is 2.22 bits per heavy atom. The number of hydrogen-bond donors (Lipinski definition) is 2. The van der Waals surface area contributed by atoms with Crippen LogP contribution in [0.15, 0.2) is 24.3 Å². The molecule has 2 heterocycles. The van der Waals surface area contributed by atoms with Crippen LogP contribution in [0, 0.1) is 6.92 Å². The molecule has 0 unspecified atom stereocenters. The Bertz CT molecular complexity index is 629. The SMILES string of the molecule is Cc1[nH]c(-c2ccc3c(c2)CCO3)cc1C(N)=O. The maximum Gasteiger partial charge on any atom is 0.250 e. The molecule has 0 atom stereocenters. The van der Waals surface area contributed by atoms with Crippen molar-refractivity contribution in [3.05, 3.63) is 41.1 Å². The number of carbonyl (C=O) groups is 1. The summed E-state index contributed by atoms with van der Waals surface area (Å²) >= 11 is 0. The van der Waals surface area contributed by atoms with Gasteiger partial charge in [-0.1, -0.05) is 0 Å². The van der Waals surface area contributed by atoms with Crippen LogP contribution >= 0.6 is 0 Å². The van der Waals surface area contributed by atoms with E-state index in [4.69, 9.17) is 10.5 Å². The second-order valence-corrected chi connectivity index (χ2v) is 4.51. The Hall–Kier alpha value is -2.23. The van der Waals surface area contributed by atoms with E-state index in [0.29, 0.717) is 5.56 Å². The molecule has 2 aromatic rings. The van der Waals surface area contributed by atoms with Crippen LogP contribution in [0.25, 0.3) is 11.3 Å². The number of nitrogens with two attached hydrogens (primary N) is 1. The Labute approximate surface area is 105 Å². The van der Waals surface area contributed by atoms with Crippen LogP contribution in [0.2, 0.25) is 0 Å². The van der Waals surface area contributed by atoms with Crippen molar-refractivity contribution in [2.75, 3.05) is 6.61 Å². The van der Waals surface area contributed by atoms with Gasteiger partial charge in [-0.2, -0.15) is 0 Å². The van der Waals surface area contributed by atoms with Crippen molar-refractivity contribution < 1.29 is 9.53 Å². The number of carbonyl (C=O) groups excluding carboxylic acids is 1. The minimum absolute atomic E-state index is 0.403. The highest BCUT2D eigenvalue weighted by Gasteiger charge is 2.15. The molecule has 3 rings (SSSR count). The van der Waals surface area contributed by atoms with Crippen LogP contribution in [-0.4, -0.2) is 17.5 Å². The lowest BCUT2D eigenvalue weighted by Crippen LogP contribution is -2.10. The Balaban J connectivity index is 2.05. The number of fused-ring (bicyclic) bond motifs is 1. The molecule has 1 aromatic heterocycles. The molecule has 4 nitrogen and oxygen atoms in total. The number of nitrogens with one attached hydrogen (secondary N) is 1. The van der Waals surface area contributed by atoms with Gasteiger partial charge < -0.3 is 15.5 Å². The van der Waals surface area contributed by atoms with E-state index < -0.39 is 5.91 Å². The van der Waals surface area contributed by atoms with Crippen LogP contribution in [-0.2, 0) is 6.42 Å². The molecule has 1 amide bonds. The summed E-state index contributed by atoms with van der Waals surface area (Å²) in [6, 6.07) is 7.85. The number of hydrogen-bond acceptors (Lipinski definition) is 2. The summed E-state index contributed by atoms with van der Waals surface area (Å²) in [6.07, 6.45) is 0.936. The molecule has 1 aliphatic rings. The number of primary amides is 1. The standard InChI is InChI=1S/C14H14N2O2/c1-8-11(14(15)17)7-12(16-8)9-2-3-13-10(6-9)4-5-18-13/h2-3,6-7,16H,4-5H2,1H3,(H2,15,17). The molecule has 0 radical (unpaired) electrons. The maximum absolute atomic E-state index is 11.2. The fourth-order valence-electron chi connectivity index (χ4n) is 2.32. The topological polar surface area (TPSA) is 68.1 Å². The minimum atomic E-state index is -0.403. The third-order valence-electron chi connectivity index (χ3n) is 3.28. The number of aromatic amines is 1. The van der Waals surface area contributed by atoms with Gasteiger partial charge in [-0.05, 0) is 42.3 Å². The lowest BCUT2D eigenvalue weighted by atomic mass is 10.1. The van der Waals surface area contributed by atoms with E-state index in [-0.39, 0.29) is 0 Å². The summed E-state index contributed by atoms with van der Waals surface area (Å²) in [7, 11) is 0. The van der Waals surface area contributed by atoms with E-state index in [1.54, 1.807) is 6.07 Å². The summed E-state index contributed by atoms with van der Waals surface area (Å²) in [4.78, 5) is 14.4. The van der Waals surface area contributed by atoms with Gasteiger partial charge in [0.15, 0.2) is 0 Å². The second kappa shape index (κ2) is 3.91. The predicted octanol–water partition coefficient (Wildman–Crippen LogP) is 2.02. The highest BCUT2D eigenvalue weighted by molar-refractivity contribution is 5.95. The molecule has 0 bridgehead atoms. The van der Waals surface area contributed by atoms with Gasteiger partial charge in [0.25, 0.3) is 5.91 Å².